The van der Waals surface area contributed by atoms with Crippen molar-refractivity contribution in [3.63, 3.8) is 0 Å². The molecule has 0 aliphatic heterocycles. The van der Waals surface area contributed by atoms with E-state index in [1.54, 1.807) is 13.8 Å². The number of carboxylic acid groups (broad SMARTS) is 1. The van der Waals surface area contributed by atoms with E-state index in [0.29, 0.717) is 12.1 Å². The van der Waals surface area contributed by atoms with Crippen LogP contribution in [0.25, 0.3) is 5.52 Å². The van der Waals surface area contributed by atoms with E-state index in [2.05, 4.69) is 11.4 Å². The highest BCUT2D eigenvalue weighted by molar-refractivity contribution is 5.77. The van der Waals surface area contributed by atoms with Gasteiger partial charge in [0.15, 0.2) is 0 Å². The summed E-state index contributed by atoms with van der Waals surface area (Å²) >= 11 is 0. The van der Waals surface area contributed by atoms with Crippen LogP contribution in [0.2, 0.25) is 0 Å². The Morgan fingerprint density at radius 1 is 1.53 bits per heavy atom. The summed E-state index contributed by atoms with van der Waals surface area (Å²) in [5.74, 6) is -0.922. The van der Waals surface area contributed by atoms with E-state index >= 15 is 0 Å². The van der Waals surface area contributed by atoms with E-state index in [1.165, 1.54) is 0 Å². The van der Waals surface area contributed by atoms with Crippen molar-refractivity contribution in [3.05, 3.63) is 41.7 Å². The SMILES string of the molecule is CC(C)(NCc1cn2ccccc2c1C#N)C(=O)O. The molecule has 0 saturated heterocycles. The highest BCUT2D eigenvalue weighted by atomic mass is 16.4. The van der Waals surface area contributed by atoms with Gasteiger partial charge in [-0.25, -0.2) is 0 Å². The van der Waals surface area contributed by atoms with Gasteiger partial charge in [0.25, 0.3) is 0 Å². The fourth-order valence-corrected chi connectivity index (χ4v) is 1.83. The van der Waals surface area contributed by atoms with Crippen LogP contribution in [0.5, 0.6) is 0 Å². The van der Waals surface area contributed by atoms with Gasteiger partial charge in [0, 0.05) is 24.5 Å². The summed E-state index contributed by atoms with van der Waals surface area (Å²) in [7, 11) is 0. The number of nitrogens with one attached hydrogen (secondary N) is 1. The van der Waals surface area contributed by atoms with Gasteiger partial charge in [-0.2, -0.15) is 5.26 Å². The van der Waals surface area contributed by atoms with Crippen LogP contribution in [0.15, 0.2) is 30.6 Å². The van der Waals surface area contributed by atoms with Gasteiger partial charge in [-0.15, -0.1) is 0 Å². The average Bonchev–Trinajstić information content (AvgIpc) is 2.73. The first-order valence-electron chi connectivity index (χ1n) is 5.93. The number of nitriles is 1. The zero-order valence-corrected chi connectivity index (χ0v) is 10.8. The zero-order valence-electron chi connectivity index (χ0n) is 10.8. The lowest BCUT2D eigenvalue weighted by atomic mass is 10.1. The van der Waals surface area contributed by atoms with E-state index < -0.39 is 11.5 Å². The fourth-order valence-electron chi connectivity index (χ4n) is 1.83. The third kappa shape index (κ3) is 2.44. The van der Waals surface area contributed by atoms with Crippen molar-refractivity contribution < 1.29 is 9.90 Å². The molecule has 0 bridgehead atoms. The van der Waals surface area contributed by atoms with Crippen molar-refractivity contribution >= 4 is 11.5 Å². The minimum absolute atomic E-state index is 0.337. The Morgan fingerprint density at radius 3 is 2.89 bits per heavy atom. The van der Waals surface area contributed by atoms with E-state index in [1.807, 2.05) is 35.0 Å². The van der Waals surface area contributed by atoms with Crippen LogP contribution in [-0.4, -0.2) is 21.0 Å². The molecule has 0 spiro atoms. The van der Waals surface area contributed by atoms with Gasteiger partial charge in [0.2, 0.25) is 0 Å². The van der Waals surface area contributed by atoms with Crippen molar-refractivity contribution in [1.82, 2.24) is 9.72 Å². The molecule has 2 aromatic rings. The standard InChI is InChI=1S/C14H15N3O2/c1-14(2,13(18)19)16-8-10-9-17-6-4-3-5-12(17)11(10)7-15/h3-6,9,16H,8H2,1-2H3,(H,18,19). The van der Waals surface area contributed by atoms with Crippen LogP contribution in [-0.2, 0) is 11.3 Å². The predicted octanol–water partition coefficient (Wildman–Crippen LogP) is 1.76. The van der Waals surface area contributed by atoms with Crippen LogP contribution >= 0.6 is 0 Å². The minimum atomic E-state index is -1.03. The molecule has 0 radical (unpaired) electrons. The number of hydrogen-bond acceptors (Lipinski definition) is 3. The second kappa shape index (κ2) is 4.75. The summed E-state index contributed by atoms with van der Waals surface area (Å²) in [6.07, 6.45) is 3.71. The maximum Gasteiger partial charge on any atom is 0.323 e. The predicted molar refractivity (Wildman–Crippen MR) is 70.7 cm³/mol. The van der Waals surface area contributed by atoms with E-state index in [9.17, 15) is 10.1 Å². The van der Waals surface area contributed by atoms with Gasteiger partial charge in [-0.05, 0) is 26.0 Å². The summed E-state index contributed by atoms with van der Waals surface area (Å²) in [5.41, 5.74) is 1.17. The van der Waals surface area contributed by atoms with Crippen LogP contribution in [0.3, 0.4) is 0 Å². The Kier molecular flexibility index (Phi) is 3.28. The molecule has 0 saturated carbocycles. The van der Waals surface area contributed by atoms with Crippen LogP contribution in [0.1, 0.15) is 25.0 Å². The lowest BCUT2D eigenvalue weighted by Crippen LogP contribution is -2.46. The molecule has 5 heteroatoms. The molecular weight excluding hydrogens is 242 g/mol. The fraction of sp³-hybridized carbons (Fsp3) is 0.286. The Labute approximate surface area is 111 Å². The molecule has 2 rings (SSSR count). The van der Waals surface area contributed by atoms with E-state index in [0.717, 1.165) is 11.1 Å². The molecule has 2 N–H and O–H groups in total. The molecule has 0 fully saturated rings. The third-order valence-corrected chi connectivity index (χ3v) is 3.13. The van der Waals surface area contributed by atoms with Gasteiger partial charge in [0.05, 0.1) is 11.1 Å². The van der Waals surface area contributed by atoms with Gasteiger partial charge in [-0.1, -0.05) is 6.07 Å². The molecule has 0 unspecified atom stereocenters. The van der Waals surface area contributed by atoms with Crippen LogP contribution in [0.4, 0.5) is 0 Å². The Balaban J connectivity index is 2.31. The number of hydrogen-bond donors (Lipinski definition) is 2. The number of carboxylic acids is 1. The smallest absolute Gasteiger partial charge is 0.323 e. The molecular formula is C14H15N3O2. The first kappa shape index (κ1) is 13.1. The number of pyridine rings is 1. The molecule has 0 amide bonds. The van der Waals surface area contributed by atoms with Crippen molar-refractivity contribution in [2.75, 3.05) is 0 Å². The summed E-state index contributed by atoms with van der Waals surface area (Å²) in [6, 6.07) is 7.79. The van der Waals surface area contributed by atoms with E-state index in [-0.39, 0.29) is 0 Å². The lowest BCUT2D eigenvalue weighted by Gasteiger charge is -2.20. The molecule has 0 aromatic carbocycles. The largest absolute Gasteiger partial charge is 0.480 e. The topological polar surface area (TPSA) is 77.5 Å². The summed E-state index contributed by atoms with van der Waals surface area (Å²) < 4.78 is 1.86. The maximum absolute atomic E-state index is 11.0. The normalized spacial score (nSPS) is 11.4. The first-order valence-corrected chi connectivity index (χ1v) is 5.93. The maximum atomic E-state index is 11.0. The quantitative estimate of drug-likeness (QED) is 0.875. The van der Waals surface area contributed by atoms with Gasteiger partial charge < -0.3 is 9.51 Å². The number of carbonyl (C=O) groups is 1. The number of nitrogens with zero attached hydrogens (tertiary/aromatic N) is 2. The van der Waals surface area contributed by atoms with Crippen molar-refractivity contribution in [1.29, 1.82) is 5.26 Å². The Hall–Kier alpha value is -2.32. The van der Waals surface area contributed by atoms with Crippen LogP contribution < -0.4 is 5.32 Å². The summed E-state index contributed by atoms with van der Waals surface area (Å²) in [5, 5.41) is 21.2. The highest BCUT2D eigenvalue weighted by Crippen LogP contribution is 2.18. The van der Waals surface area contributed by atoms with Gasteiger partial charge >= 0.3 is 5.97 Å². The molecule has 98 valence electrons. The van der Waals surface area contributed by atoms with Crippen molar-refractivity contribution in [2.45, 2.75) is 25.9 Å². The molecule has 19 heavy (non-hydrogen) atoms. The highest BCUT2D eigenvalue weighted by Gasteiger charge is 2.26. The van der Waals surface area contributed by atoms with Crippen molar-refractivity contribution in [2.24, 2.45) is 0 Å². The minimum Gasteiger partial charge on any atom is -0.480 e. The molecule has 0 atom stereocenters. The number of fused-ring (bicyclic) bond motifs is 1. The Morgan fingerprint density at radius 2 is 2.26 bits per heavy atom. The number of rotatable bonds is 4. The molecule has 5 nitrogen and oxygen atoms in total. The molecule has 2 aromatic heterocycles. The molecule has 2 heterocycles. The average molecular weight is 257 g/mol. The summed E-state index contributed by atoms with van der Waals surface area (Å²) in [4.78, 5) is 11.0. The first-order chi connectivity index (χ1) is 8.95. The monoisotopic (exact) mass is 257 g/mol. The van der Waals surface area contributed by atoms with Crippen LogP contribution in [0, 0.1) is 11.3 Å². The second-order valence-corrected chi connectivity index (χ2v) is 4.92. The third-order valence-electron chi connectivity index (χ3n) is 3.13. The number of aromatic nitrogens is 1. The van der Waals surface area contributed by atoms with Gasteiger partial charge in [0.1, 0.15) is 11.6 Å². The van der Waals surface area contributed by atoms with Crippen molar-refractivity contribution in [3.8, 4) is 6.07 Å². The number of aliphatic carboxylic acids is 1. The van der Waals surface area contributed by atoms with E-state index in [4.69, 9.17) is 5.11 Å². The van der Waals surface area contributed by atoms with Gasteiger partial charge in [-0.3, -0.25) is 10.1 Å². The zero-order chi connectivity index (χ0) is 14.0. The lowest BCUT2D eigenvalue weighted by molar-refractivity contribution is -0.143. The Bertz CT molecular complexity index is 665. The second-order valence-electron chi connectivity index (χ2n) is 4.92. The summed E-state index contributed by atoms with van der Waals surface area (Å²) in [6.45, 7) is 3.53. The molecule has 0 aliphatic rings. The molecule has 0 aliphatic carbocycles.